The monoisotopic (exact) mass is 445 g/mol. The van der Waals surface area contributed by atoms with E-state index in [1.807, 2.05) is 4.90 Å². The van der Waals surface area contributed by atoms with E-state index in [0.29, 0.717) is 18.7 Å². The van der Waals surface area contributed by atoms with Gasteiger partial charge in [0, 0.05) is 19.3 Å². The highest BCUT2D eigenvalue weighted by Gasteiger charge is 2.45. The number of pyridine rings is 1. The summed E-state index contributed by atoms with van der Waals surface area (Å²) in [5.41, 5.74) is 0.359. The number of aromatic nitrogens is 1. The van der Waals surface area contributed by atoms with Crippen molar-refractivity contribution < 1.29 is 28.2 Å². The minimum atomic E-state index is -0.616. The van der Waals surface area contributed by atoms with Gasteiger partial charge in [-0.2, -0.15) is 4.39 Å². The fraction of sp³-hybridized carbons (Fsp3) is 0.609. The van der Waals surface area contributed by atoms with Crippen molar-refractivity contribution in [3.05, 3.63) is 42.0 Å². The molecule has 0 aromatic carbocycles. The van der Waals surface area contributed by atoms with Crippen LogP contribution in [-0.4, -0.2) is 77.1 Å². The Kier molecular flexibility index (Phi) is 6.10. The molecule has 3 saturated heterocycles. The lowest BCUT2D eigenvalue weighted by Gasteiger charge is -2.40. The molecule has 5 rings (SSSR count). The smallest absolute Gasteiger partial charge is 0.410 e. The van der Waals surface area contributed by atoms with E-state index in [2.05, 4.69) is 17.1 Å². The molecule has 1 aromatic rings. The first-order chi connectivity index (χ1) is 15.6. The van der Waals surface area contributed by atoms with E-state index in [1.165, 1.54) is 18.3 Å². The normalized spacial score (nSPS) is 32.7. The van der Waals surface area contributed by atoms with Crippen LogP contribution in [0.15, 0.2) is 30.5 Å². The molecule has 172 valence electrons. The minimum Gasteiger partial charge on any atom is -0.444 e. The van der Waals surface area contributed by atoms with E-state index in [-0.39, 0.29) is 36.8 Å². The maximum atomic E-state index is 13.1. The third kappa shape index (κ3) is 4.36. The quantitative estimate of drug-likeness (QED) is 0.526. The molecule has 3 fully saturated rings. The summed E-state index contributed by atoms with van der Waals surface area (Å²) in [4.78, 5) is 32.7. The fourth-order valence-electron chi connectivity index (χ4n) is 5.21. The number of hydrogen-bond acceptors (Lipinski definition) is 6. The van der Waals surface area contributed by atoms with Crippen LogP contribution in [0.5, 0.6) is 0 Å². The average Bonchev–Trinajstić information content (AvgIpc) is 3.28. The van der Waals surface area contributed by atoms with Gasteiger partial charge in [0.25, 0.3) is 5.91 Å². The van der Waals surface area contributed by atoms with Crippen LogP contribution in [0.1, 0.15) is 48.9 Å². The van der Waals surface area contributed by atoms with Crippen molar-refractivity contribution in [2.24, 2.45) is 0 Å². The molecule has 0 saturated carbocycles. The number of amides is 2. The molecule has 4 aliphatic rings. The van der Waals surface area contributed by atoms with Gasteiger partial charge in [0.05, 0.1) is 29.9 Å². The van der Waals surface area contributed by atoms with Gasteiger partial charge in [-0.05, 0) is 50.7 Å². The van der Waals surface area contributed by atoms with Gasteiger partial charge in [0.15, 0.2) is 6.29 Å². The Morgan fingerprint density at radius 2 is 1.69 bits per heavy atom. The predicted molar refractivity (Wildman–Crippen MR) is 111 cm³/mol. The number of fused-ring (bicyclic) bond motifs is 3. The highest BCUT2D eigenvalue weighted by Crippen LogP contribution is 2.32. The number of carbonyl (C=O) groups excluding carboxylic acids is 2. The lowest BCUT2D eigenvalue weighted by atomic mass is 10.0. The predicted octanol–water partition coefficient (Wildman–Crippen LogP) is 2.89. The summed E-state index contributed by atoms with van der Waals surface area (Å²) in [6, 6.07) is 2.47. The molecule has 2 bridgehead atoms. The molecule has 8 nitrogen and oxygen atoms in total. The average molecular weight is 445 g/mol. The van der Waals surface area contributed by atoms with Crippen LogP contribution in [0.2, 0.25) is 0 Å². The number of piperazine rings is 1. The second kappa shape index (κ2) is 9.15. The SMILES string of the molecule is O=C(OC[C@H]1O[C@H]2CC/C=C/CC[C@H]2O1)N1CC2CCC(C1)N2C(=O)c1ccc(F)nc1. The molecule has 1 aliphatic carbocycles. The van der Waals surface area contributed by atoms with Crippen LogP contribution in [0.4, 0.5) is 9.18 Å². The molecule has 5 atom stereocenters. The highest BCUT2D eigenvalue weighted by molar-refractivity contribution is 5.94. The van der Waals surface area contributed by atoms with Gasteiger partial charge < -0.3 is 24.0 Å². The molecule has 2 amide bonds. The molecule has 32 heavy (non-hydrogen) atoms. The van der Waals surface area contributed by atoms with Crippen molar-refractivity contribution in [2.45, 2.75) is 69.1 Å². The van der Waals surface area contributed by atoms with Crippen molar-refractivity contribution in [1.29, 1.82) is 0 Å². The zero-order valence-electron chi connectivity index (χ0n) is 17.9. The van der Waals surface area contributed by atoms with E-state index in [9.17, 15) is 14.0 Å². The fourth-order valence-corrected chi connectivity index (χ4v) is 5.21. The lowest BCUT2D eigenvalue weighted by Crippen LogP contribution is -2.57. The van der Waals surface area contributed by atoms with Gasteiger partial charge in [-0.25, -0.2) is 9.78 Å². The number of likely N-dealkylation sites (tertiary alicyclic amines) is 1. The van der Waals surface area contributed by atoms with Crippen molar-refractivity contribution >= 4 is 12.0 Å². The summed E-state index contributed by atoms with van der Waals surface area (Å²) >= 11 is 0. The van der Waals surface area contributed by atoms with E-state index in [0.717, 1.165) is 38.5 Å². The first-order valence-electron chi connectivity index (χ1n) is 11.4. The van der Waals surface area contributed by atoms with Crippen molar-refractivity contribution in [3.63, 3.8) is 0 Å². The van der Waals surface area contributed by atoms with Crippen molar-refractivity contribution in [2.75, 3.05) is 19.7 Å². The Labute approximate surface area is 186 Å². The van der Waals surface area contributed by atoms with Crippen LogP contribution in [0.25, 0.3) is 0 Å². The topological polar surface area (TPSA) is 81.2 Å². The number of halogens is 1. The number of carbonyl (C=O) groups is 2. The summed E-state index contributed by atoms with van der Waals surface area (Å²) in [5.74, 6) is -0.788. The molecule has 0 radical (unpaired) electrons. The van der Waals surface area contributed by atoms with Gasteiger partial charge in [-0.15, -0.1) is 0 Å². The first-order valence-corrected chi connectivity index (χ1v) is 11.4. The Balaban J connectivity index is 1.13. The Hall–Kier alpha value is -2.52. The van der Waals surface area contributed by atoms with E-state index < -0.39 is 18.3 Å². The van der Waals surface area contributed by atoms with Crippen LogP contribution >= 0.6 is 0 Å². The Morgan fingerprint density at radius 3 is 2.28 bits per heavy atom. The second-order valence-corrected chi connectivity index (χ2v) is 8.85. The van der Waals surface area contributed by atoms with Crippen LogP contribution in [0, 0.1) is 5.95 Å². The standard InChI is InChI=1S/C23H28FN3O5/c24-20-10-7-15(11-25-20)22(28)27-16-8-9-17(27)13-26(12-16)23(29)30-14-21-31-18-5-3-1-2-4-6-19(18)32-21/h1-2,7,10-11,16-19,21H,3-6,8-9,12-14H2/b2-1+/t16?,17?,18-,19+,21-. The van der Waals surface area contributed by atoms with E-state index in [1.54, 1.807) is 4.90 Å². The molecule has 4 heterocycles. The van der Waals surface area contributed by atoms with Crippen LogP contribution in [-0.2, 0) is 14.2 Å². The first kappa shape index (κ1) is 21.3. The van der Waals surface area contributed by atoms with Gasteiger partial charge in [0.1, 0.15) is 6.61 Å². The number of hydrogen-bond donors (Lipinski definition) is 0. The van der Waals surface area contributed by atoms with E-state index >= 15 is 0 Å². The molecule has 2 unspecified atom stereocenters. The summed E-state index contributed by atoms with van der Waals surface area (Å²) in [6.07, 6.45) is 10.2. The summed E-state index contributed by atoms with van der Waals surface area (Å²) in [7, 11) is 0. The highest BCUT2D eigenvalue weighted by atomic mass is 19.1. The molecule has 3 aliphatic heterocycles. The van der Waals surface area contributed by atoms with Crippen LogP contribution in [0.3, 0.4) is 0 Å². The zero-order chi connectivity index (χ0) is 22.1. The van der Waals surface area contributed by atoms with Gasteiger partial charge in [0.2, 0.25) is 5.95 Å². The van der Waals surface area contributed by atoms with E-state index in [4.69, 9.17) is 14.2 Å². The number of allylic oxidation sites excluding steroid dienone is 2. The maximum Gasteiger partial charge on any atom is 0.410 e. The lowest BCUT2D eigenvalue weighted by molar-refractivity contribution is -0.102. The van der Waals surface area contributed by atoms with Gasteiger partial charge in [-0.1, -0.05) is 12.2 Å². The number of ether oxygens (including phenoxy) is 3. The third-order valence-electron chi connectivity index (χ3n) is 6.76. The van der Waals surface area contributed by atoms with Crippen molar-refractivity contribution in [1.82, 2.24) is 14.8 Å². The Bertz CT molecular complexity index is 847. The molecule has 1 aromatic heterocycles. The van der Waals surface area contributed by atoms with Crippen molar-refractivity contribution in [3.8, 4) is 0 Å². The maximum absolute atomic E-state index is 13.1. The summed E-state index contributed by atoms with van der Waals surface area (Å²) in [5, 5.41) is 0. The van der Waals surface area contributed by atoms with Gasteiger partial charge in [-0.3, -0.25) is 4.79 Å². The molecular formula is C23H28FN3O5. The zero-order valence-corrected chi connectivity index (χ0v) is 17.9. The van der Waals surface area contributed by atoms with Crippen LogP contribution < -0.4 is 0 Å². The van der Waals surface area contributed by atoms with Gasteiger partial charge >= 0.3 is 6.09 Å². The third-order valence-corrected chi connectivity index (χ3v) is 6.76. The molecular weight excluding hydrogens is 417 g/mol. The molecule has 9 heteroatoms. The summed E-state index contributed by atoms with van der Waals surface area (Å²) < 4.78 is 30.5. The summed E-state index contributed by atoms with van der Waals surface area (Å²) in [6.45, 7) is 0.896. The second-order valence-electron chi connectivity index (χ2n) is 8.85. The molecule has 0 N–H and O–H groups in total. The number of nitrogens with zero attached hydrogens (tertiary/aromatic N) is 3. The minimum absolute atomic E-state index is 0.0509. The number of rotatable bonds is 3. The molecule has 0 spiro atoms. The largest absolute Gasteiger partial charge is 0.444 e. The Morgan fingerprint density at radius 1 is 1.03 bits per heavy atom.